The Kier molecular flexibility index (Phi) is 5.90. The number of hydrogen-bond acceptors (Lipinski definition) is 6. The molecule has 1 unspecified atom stereocenters. The molecule has 3 heterocycles. The van der Waals surface area contributed by atoms with E-state index in [1.165, 1.54) is 12.3 Å². The zero-order valence-electron chi connectivity index (χ0n) is 17.3. The second-order valence-corrected chi connectivity index (χ2v) is 7.79. The van der Waals surface area contributed by atoms with E-state index in [0.717, 1.165) is 16.0 Å². The molecule has 2 saturated heterocycles. The van der Waals surface area contributed by atoms with Crippen molar-refractivity contribution in [2.45, 2.75) is 25.2 Å². The first-order chi connectivity index (χ1) is 15.3. The number of aliphatic carboxylic acids is 1. The van der Waals surface area contributed by atoms with E-state index >= 15 is 0 Å². The molecule has 32 heavy (non-hydrogen) atoms. The molecule has 4 rings (SSSR count). The van der Waals surface area contributed by atoms with E-state index in [1.54, 1.807) is 0 Å². The number of likely N-dealkylation sites (tertiary alicyclic amines) is 1. The predicted octanol–water partition coefficient (Wildman–Crippen LogP) is 1.35. The molecule has 2 fully saturated rings. The van der Waals surface area contributed by atoms with Crippen LogP contribution in [0.4, 0.5) is 4.39 Å². The molecule has 10 heteroatoms. The molecule has 1 atom stereocenters. The highest BCUT2D eigenvalue weighted by Gasteiger charge is 2.52. The van der Waals surface area contributed by atoms with Gasteiger partial charge in [0.05, 0.1) is 26.3 Å². The van der Waals surface area contributed by atoms with Crippen LogP contribution in [0, 0.1) is 12.7 Å². The quantitative estimate of drug-likeness (QED) is 0.716. The lowest BCUT2D eigenvalue weighted by molar-refractivity contribution is -0.152. The Morgan fingerprint density at radius 1 is 1.22 bits per heavy atom. The maximum Gasteiger partial charge on any atom is 0.326 e. The summed E-state index contributed by atoms with van der Waals surface area (Å²) in [6, 6.07) is 7.48. The Bertz CT molecular complexity index is 1050. The molecule has 1 spiro atoms. The van der Waals surface area contributed by atoms with Crippen molar-refractivity contribution in [2.75, 3.05) is 26.3 Å². The van der Waals surface area contributed by atoms with Gasteiger partial charge in [-0.25, -0.2) is 14.2 Å². The summed E-state index contributed by atoms with van der Waals surface area (Å²) in [6.45, 7) is 1.99. The third-order valence-corrected chi connectivity index (χ3v) is 5.55. The lowest BCUT2D eigenvalue weighted by Gasteiger charge is -2.23. The standard InChI is InChI=1S/C22H22FN3O6/c1-13-2-4-14(5-3-13)15-8-16(23)19(24-10-15)20(28)25-11-18(27)26-12-22(31-6-7-32-22)9-17(26)21(29)30/h2-5,8,10,17H,6-7,9,11-12H2,1H3,(H,25,28)(H,29,30). The molecule has 0 saturated carbocycles. The monoisotopic (exact) mass is 443 g/mol. The SMILES string of the molecule is Cc1ccc(-c2cnc(C(=O)NCC(=O)N3CC4(CC3C(=O)O)OCCO4)c(F)c2)cc1. The fourth-order valence-electron chi connectivity index (χ4n) is 3.88. The zero-order valence-corrected chi connectivity index (χ0v) is 17.3. The summed E-state index contributed by atoms with van der Waals surface area (Å²) in [5.74, 6) is -4.68. The first-order valence-electron chi connectivity index (χ1n) is 10.1. The number of hydrogen-bond donors (Lipinski definition) is 2. The minimum absolute atomic E-state index is 0.00131. The second kappa shape index (κ2) is 8.64. The van der Waals surface area contributed by atoms with E-state index in [2.05, 4.69) is 10.3 Å². The topological polar surface area (TPSA) is 118 Å². The number of amides is 2. The number of carboxylic acids is 1. The van der Waals surface area contributed by atoms with Crippen LogP contribution in [0.25, 0.3) is 11.1 Å². The molecule has 1 aromatic heterocycles. The molecule has 2 aromatic rings. The van der Waals surface area contributed by atoms with Crippen LogP contribution < -0.4 is 5.32 Å². The van der Waals surface area contributed by atoms with Gasteiger partial charge >= 0.3 is 5.97 Å². The average molecular weight is 443 g/mol. The fraction of sp³-hybridized carbons (Fsp3) is 0.364. The smallest absolute Gasteiger partial charge is 0.326 e. The van der Waals surface area contributed by atoms with Gasteiger partial charge in [-0.2, -0.15) is 0 Å². The number of pyridine rings is 1. The Morgan fingerprint density at radius 2 is 1.91 bits per heavy atom. The summed E-state index contributed by atoms with van der Waals surface area (Å²) in [7, 11) is 0. The van der Waals surface area contributed by atoms with Crippen LogP contribution in [-0.4, -0.2) is 70.9 Å². The van der Waals surface area contributed by atoms with Crippen molar-refractivity contribution in [3.05, 3.63) is 53.6 Å². The van der Waals surface area contributed by atoms with Gasteiger partial charge in [0.2, 0.25) is 5.91 Å². The number of benzene rings is 1. The number of carboxylic acid groups (broad SMARTS) is 1. The number of nitrogens with one attached hydrogen (secondary N) is 1. The lowest BCUT2D eigenvalue weighted by Crippen LogP contribution is -2.46. The van der Waals surface area contributed by atoms with Crippen LogP contribution in [0.2, 0.25) is 0 Å². The molecule has 2 aliphatic heterocycles. The number of carbonyl (C=O) groups is 3. The van der Waals surface area contributed by atoms with E-state index < -0.39 is 47.7 Å². The number of rotatable bonds is 5. The normalized spacial score (nSPS) is 19.3. The summed E-state index contributed by atoms with van der Waals surface area (Å²) in [6.07, 6.45) is 1.38. The summed E-state index contributed by atoms with van der Waals surface area (Å²) in [5, 5.41) is 11.8. The number of nitrogens with zero attached hydrogens (tertiary/aromatic N) is 2. The number of ether oxygens (including phenoxy) is 2. The highest BCUT2D eigenvalue weighted by molar-refractivity contribution is 5.96. The zero-order chi connectivity index (χ0) is 22.9. The number of aryl methyl sites for hydroxylation is 1. The third-order valence-electron chi connectivity index (χ3n) is 5.55. The highest BCUT2D eigenvalue weighted by atomic mass is 19.1. The molecule has 168 valence electrons. The van der Waals surface area contributed by atoms with Gasteiger partial charge in [-0.3, -0.25) is 9.59 Å². The van der Waals surface area contributed by atoms with E-state index in [0.29, 0.717) is 18.8 Å². The van der Waals surface area contributed by atoms with Gasteiger partial charge in [-0.05, 0) is 18.6 Å². The van der Waals surface area contributed by atoms with E-state index in [1.807, 2.05) is 31.2 Å². The summed E-state index contributed by atoms with van der Waals surface area (Å²) in [5.41, 5.74) is 1.87. The largest absolute Gasteiger partial charge is 0.480 e. The minimum atomic E-state index is -1.19. The van der Waals surface area contributed by atoms with Crippen LogP contribution in [0.5, 0.6) is 0 Å². The van der Waals surface area contributed by atoms with Crippen molar-refractivity contribution in [1.82, 2.24) is 15.2 Å². The Labute approximate surface area is 183 Å². The maximum atomic E-state index is 14.5. The number of halogens is 1. The Morgan fingerprint density at radius 3 is 2.53 bits per heavy atom. The maximum absolute atomic E-state index is 14.5. The van der Waals surface area contributed by atoms with Gasteiger partial charge in [0.1, 0.15) is 6.04 Å². The van der Waals surface area contributed by atoms with Crippen LogP contribution in [0.1, 0.15) is 22.5 Å². The van der Waals surface area contributed by atoms with Crippen molar-refractivity contribution in [1.29, 1.82) is 0 Å². The molecular formula is C22H22FN3O6. The minimum Gasteiger partial charge on any atom is -0.480 e. The Balaban J connectivity index is 1.41. The summed E-state index contributed by atoms with van der Waals surface area (Å²) < 4.78 is 25.5. The van der Waals surface area contributed by atoms with Crippen molar-refractivity contribution in [2.24, 2.45) is 0 Å². The lowest BCUT2D eigenvalue weighted by atomic mass is 10.1. The van der Waals surface area contributed by atoms with Crippen LogP contribution in [-0.2, 0) is 19.1 Å². The van der Waals surface area contributed by atoms with Gasteiger partial charge in [0.25, 0.3) is 5.91 Å². The molecule has 9 nitrogen and oxygen atoms in total. The predicted molar refractivity (Wildman–Crippen MR) is 109 cm³/mol. The Hall–Kier alpha value is -3.37. The number of carbonyl (C=O) groups excluding carboxylic acids is 2. The van der Waals surface area contributed by atoms with Crippen molar-refractivity contribution < 1.29 is 33.4 Å². The van der Waals surface area contributed by atoms with Gasteiger partial charge in [-0.1, -0.05) is 29.8 Å². The molecular weight excluding hydrogens is 421 g/mol. The molecule has 2 aliphatic rings. The van der Waals surface area contributed by atoms with Crippen molar-refractivity contribution >= 4 is 17.8 Å². The molecule has 0 radical (unpaired) electrons. The van der Waals surface area contributed by atoms with E-state index in [-0.39, 0.29) is 13.0 Å². The molecule has 0 aliphatic carbocycles. The van der Waals surface area contributed by atoms with Crippen molar-refractivity contribution in [3.8, 4) is 11.1 Å². The first kappa shape index (κ1) is 21.8. The van der Waals surface area contributed by atoms with Gasteiger partial charge in [0, 0.05) is 18.2 Å². The molecule has 1 aromatic carbocycles. The second-order valence-electron chi connectivity index (χ2n) is 7.79. The summed E-state index contributed by atoms with van der Waals surface area (Å²) in [4.78, 5) is 41.6. The molecule has 2 N–H and O–H groups in total. The van der Waals surface area contributed by atoms with Gasteiger partial charge in [0.15, 0.2) is 17.3 Å². The third kappa shape index (κ3) is 4.32. The van der Waals surface area contributed by atoms with E-state index in [4.69, 9.17) is 9.47 Å². The van der Waals surface area contributed by atoms with Crippen molar-refractivity contribution in [3.63, 3.8) is 0 Å². The molecule has 0 bridgehead atoms. The van der Waals surface area contributed by atoms with Gasteiger partial charge in [-0.15, -0.1) is 0 Å². The number of aromatic nitrogens is 1. The highest BCUT2D eigenvalue weighted by Crippen LogP contribution is 2.34. The first-order valence-corrected chi connectivity index (χ1v) is 10.1. The van der Waals surface area contributed by atoms with Crippen LogP contribution >= 0.6 is 0 Å². The van der Waals surface area contributed by atoms with Gasteiger partial charge < -0.3 is 24.8 Å². The van der Waals surface area contributed by atoms with E-state index in [9.17, 15) is 23.9 Å². The van der Waals surface area contributed by atoms with Crippen LogP contribution in [0.3, 0.4) is 0 Å². The fourth-order valence-corrected chi connectivity index (χ4v) is 3.88. The average Bonchev–Trinajstić information content (AvgIpc) is 3.39. The van der Waals surface area contributed by atoms with Crippen LogP contribution in [0.15, 0.2) is 36.5 Å². The molecule has 2 amide bonds. The summed E-state index contributed by atoms with van der Waals surface area (Å²) >= 11 is 0.